The van der Waals surface area contributed by atoms with E-state index in [4.69, 9.17) is 19.0 Å². The van der Waals surface area contributed by atoms with Gasteiger partial charge in [-0.1, -0.05) is 91.9 Å². The first kappa shape index (κ1) is 32.4. The van der Waals surface area contributed by atoms with Crippen molar-refractivity contribution in [1.82, 2.24) is 0 Å². The normalized spacial score (nSPS) is 26.3. The van der Waals surface area contributed by atoms with Gasteiger partial charge in [-0.2, -0.15) is 0 Å². The number of ether oxygens (including phenoxy) is 3. The number of unbranched alkanes of at least 4 members (excludes halogenated alkanes) is 9. The summed E-state index contributed by atoms with van der Waals surface area (Å²) in [5.41, 5.74) is -0.250. The Morgan fingerprint density at radius 2 is 1.66 bits per heavy atom. The summed E-state index contributed by atoms with van der Waals surface area (Å²) in [5.74, 6) is -0.906. The van der Waals surface area contributed by atoms with Crippen LogP contribution in [-0.2, 0) is 28.6 Å². The van der Waals surface area contributed by atoms with Gasteiger partial charge in [-0.05, 0) is 43.9 Å². The zero-order chi connectivity index (χ0) is 27.9. The summed E-state index contributed by atoms with van der Waals surface area (Å²) in [5, 5.41) is 13.0. The molecule has 2 aliphatic rings. The molecule has 2 fully saturated rings. The van der Waals surface area contributed by atoms with Crippen molar-refractivity contribution >= 4 is 17.7 Å². The Hall–Kier alpha value is -1.83. The fourth-order valence-electron chi connectivity index (χ4n) is 5.70. The van der Waals surface area contributed by atoms with Crippen molar-refractivity contribution in [2.45, 2.75) is 137 Å². The lowest BCUT2D eigenvalue weighted by Gasteiger charge is -2.38. The maximum Gasteiger partial charge on any atom is 0.405 e. The molecule has 0 aromatic heterocycles. The predicted molar refractivity (Wildman–Crippen MR) is 147 cm³/mol. The van der Waals surface area contributed by atoms with Crippen LogP contribution in [0.25, 0.3) is 0 Å². The Bertz CT molecular complexity index is 738. The third-order valence-corrected chi connectivity index (χ3v) is 7.97. The molecular formula is C30H53NO7. The van der Waals surface area contributed by atoms with E-state index in [0.717, 1.165) is 38.5 Å². The molecule has 5 atom stereocenters. The van der Waals surface area contributed by atoms with E-state index in [1.807, 2.05) is 0 Å². The van der Waals surface area contributed by atoms with Crippen LogP contribution in [0, 0.1) is 28.9 Å². The fraction of sp³-hybridized carbons (Fsp3) is 0.900. The van der Waals surface area contributed by atoms with Gasteiger partial charge in [0.05, 0.1) is 25.7 Å². The number of carbonyl (C=O) groups excluding carboxylic acids is 2. The topological polar surface area (TPSA) is 97.1 Å². The van der Waals surface area contributed by atoms with Gasteiger partial charge < -0.3 is 19.0 Å². The molecule has 0 aromatic carbocycles. The van der Waals surface area contributed by atoms with Gasteiger partial charge >= 0.3 is 17.7 Å². The maximum atomic E-state index is 13.0. The Morgan fingerprint density at radius 1 is 1.03 bits per heavy atom. The van der Waals surface area contributed by atoms with Crippen LogP contribution in [0.3, 0.4) is 0 Å². The first-order valence-electron chi connectivity index (χ1n) is 15.3. The number of carbonyl (C=O) groups is 2. The van der Waals surface area contributed by atoms with Crippen molar-refractivity contribution in [3.63, 3.8) is 0 Å². The Kier molecular flexibility index (Phi) is 15.1. The summed E-state index contributed by atoms with van der Waals surface area (Å²) in [6.07, 6.45) is 13.5. The second-order valence-electron chi connectivity index (χ2n) is 11.5. The molecule has 0 aromatic rings. The lowest BCUT2D eigenvalue weighted by Crippen LogP contribution is -2.43. The van der Waals surface area contributed by atoms with E-state index >= 15 is 0 Å². The third-order valence-electron chi connectivity index (χ3n) is 7.97. The lowest BCUT2D eigenvalue weighted by molar-refractivity contribution is -0.742. The molecule has 220 valence electrons. The van der Waals surface area contributed by atoms with Crippen molar-refractivity contribution < 1.29 is 33.5 Å². The highest BCUT2D eigenvalue weighted by Crippen LogP contribution is 2.38. The molecule has 38 heavy (non-hydrogen) atoms. The zero-order valence-electron chi connectivity index (χ0n) is 24.6. The molecular weight excluding hydrogens is 486 g/mol. The molecule has 0 spiro atoms. The van der Waals surface area contributed by atoms with E-state index in [9.17, 15) is 14.8 Å². The number of nitrogens with zero attached hydrogens (tertiary/aromatic N) is 1. The first-order valence-corrected chi connectivity index (χ1v) is 15.3. The van der Waals surface area contributed by atoms with Crippen molar-refractivity contribution in [2.24, 2.45) is 23.7 Å². The van der Waals surface area contributed by atoms with Crippen LogP contribution in [0.15, 0.2) is 0 Å². The van der Waals surface area contributed by atoms with Gasteiger partial charge in [0.15, 0.2) is 0 Å². The molecule has 1 heterocycles. The second-order valence-corrected chi connectivity index (χ2v) is 11.5. The minimum atomic E-state index is -1.00. The molecule has 1 saturated heterocycles. The van der Waals surface area contributed by atoms with Crippen LogP contribution >= 0.6 is 0 Å². The monoisotopic (exact) mass is 539 g/mol. The molecule has 8 nitrogen and oxygen atoms in total. The van der Waals surface area contributed by atoms with Gasteiger partial charge in [0, 0.05) is 4.90 Å². The summed E-state index contributed by atoms with van der Waals surface area (Å²) in [7, 11) is 0. The quantitative estimate of drug-likeness (QED) is 0.0627. The molecule has 2 rings (SSSR count). The molecule has 0 amide bonds. The zero-order valence-corrected chi connectivity index (χ0v) is 24.6. The van der Waals surface area contributed by atoms with Crippen LogP contribution in [0.5, 0.6) is 0 Å². The van der Waals surface area contributed by atoms with Gasteiger partial charge in [-0.25, -0.2) is 4.79 Å². The molecule has 1 saturated carbocycles. The predicted octanol–water partition coefficient (Wildman–Crippen LogP) is 6.72. The minimum Gasteiger partial charge on any atom is -0.458 e. The van der Waals surface area contributed by atoms with Gasteiger partial charge in [0.25, 0.3) is 0 Å². The van der Waals surface area contributed by atoms with Crippen LogP contribution in [0.4, 0.5) is 0 Å². The maximum absolute atomic E-state index is 13.0. The molecule has 8 heteroatoms. The second kappa shape index (κ2) is 17.7. The number of rotatable bonds is 18. The highest BCUT2D eigenvalue weighted by molar-refractivity contribution is 6.35. The average Bonchev–Trinajstić information content (AvgIpc) is 3.21. The van der Waals surface area contributed by atoms with Crippen molar-refractivity contribution in [3.8, 4) is 0 Å². The smallest absolute Gasteiger partial charge is 0.405 e. The highest BCUT2D eigenvalue weighted by atomic mass is 16.9. The first-order chi connectivity index (χ1) is 18.3. The lowest BCUT2D eigenvalue weighted by atomic mass is 9.75. The summed E-state index contributed by atoms with van der Waals surface area (Å²) >= 11 is 0. The average molecular weight is 540 g/mol. The summed E-state index contributed by atoms with van der Waals surface area (Å²) in [6, 6.07) is 0. The van der Waals surface area contributed by atoms with E-state index < -0.39 is 24.1 Å². The summed E-state index contributed by atoms with van der Waals surface area (Å²) in [6.45, 7) is 10.8. The van der Waals surface area contributed by atoms with Crippen LogP contribution in [0.2, 0.25) is 0 Å². The van der Waals surface area contributed by atoms with Gasteiger partial charge in [0.2, 0.25) is 6.29 Å². The van der Waals surface area contributed by atoms with Crippen molar-refractivity contribution in [1.29, 1.82) is 0 Å². The SMILES string of the molecule is CCCCCCCCCCCCO/[N+]([O-])=C(\C(=O)OCC)[C@H]1CC(=O)O[C@H]1O[C@@H]1C[C@H](C)CC[C@H]1C(C)C. The van der Waals surface area contributed by atoms with Gasteiger partial charge in [-0.15, -0.1) is 0 Å². The Balaban J connectivity index is 1.96. The van der Waals surface area contributed by atoms with Crippen LogP contribution in [-0.4, -0.2) is 48.2 Å². The number of esters is 2. The highest BCUT2D eigenvalue weighted by Gasteiger charge is 2.50. The summed E-state index contributed by atoms with van der Waals surface area (Å²) in [4.78, 5) is 30.8. The standard InChI is InChI=1S/C30H53NO7/c1-6-8-9-10-11-12-13-14-15-16-19-36-31(34)28(29(33)35-7-2)25-21-27(32)38-30(25)37-26-20-23(5)17-18-24(26)22(3)4/h22-26,30H,6-21H2,1-5H3/b31-28-/t23-,24+,25-,26-,30-/m1/s1. The van der Waals surface area contributed by atoms with Gasteiger partial charge in [-0.3, -0.25) is 10.0 Å². The summed E-state index contributed by atoms with van der Waals surface area (Å²) < 4.78 is 17.0. The molecule has 1 aliphatic heterocycles. The Morgan fingerprint density at radius 3 is 2.26 bits per heavy atom. The van der Waals surface area contributed by atoms with Crippen LogP contribution in [0.1, 0.15) is 125 Å². The van der Waals surface area contributed by atoms with Crippen molar-refractivity contribution in [2.75, 3.05) is 13.2 Å². The molecule has 1 aliphatic carbocycles. The van der Waals surface area contributed by atoms with E-state index in [0.29, 0.717) is 17.8 Å². The molecule has 0 unspecified atom stereocenters. The third kappa shape index (κ3) is 10.7. The van der Waals surface area contributed by atoms with E-state index in [2.05, 4.69) is 27.7 Å². The van der Waals surface area contributed by atoms with Gasteiger partial charge in [0.1, 0.15) is 5.92 Å². The van der Waals surface area contributed by atoms with E-state index in [1.165, 1.54) is 44.9 Å². The largest absolute Gasteiger partial charge is 0.458 e. The molecule has 0 bridgehead atoms. The number of cyclic esters (lactones) is 1. The van der Waals surface area contributed by atoms with E-state index in [1.54, 1.807) is 6.92 Å². The Labute approximate surface area is 230 Å². The number of hydrogen-bond acceptors (Lipinski definition) is 7. The van der Waals surface area contributed by atoms with E-state index in [-0.39, 0.29) is 36.4 Å². The minimum absolute atomic E-state index is 0.103. The fourth-order valence-corrected chi connectivity index (χ4v) is 5.70. The van der Waals surface area contributed by atoms with Crippen molar-refractivity contribution in [3.05, 3.63) is 5.21 Å². The molecule has 0 N–H and O–H groups in total. The number of hydrogen-bond donors (Lipinski definition) is 0. The van der Waals surface area contributed by atoms with Crippen LogP contribution < -0.4 is 0 Å². The molecule has 0 radical (unpaired) electrons.